The number of nitrogen functional groups attached to an aromatic ring is 1. The Bertz CT molecular complexity index is 581. The van der Waals surface area contributed by atoms with Crippen LogP contribution >= 0.6 is 11.3 Å². The number of hydrogen-bond donors (Lipinski definition) is 3. The van der Waals surface area contributed by atoms with E-state index in [1.165, 1.54) is 0 Å². The number of thiazole rings is 1. The molecule has 11 heteroatoms. The second-order valence-corrected chi connectivity index (χ2v) is 6.41. The summed E-state index contributed by atoms with van der Waals surface area (Å²) in [6.07, 6.45) is -5.62. The first kappa shape index (κ1) is 19.0. The minimum Gasteiger partial charge on any atom is -0.444 e. The SMILES string of the molecule is CC(C)(C)OC(=O)NCCNc1nc(N)c(C(=O)C(F)(F)F)s1. The van der Waals surface area contributed by atoms with Gasteiger partial charge in [-0.15, -0.1) is 0 Å². The molecule has 0 aliphatic heterocycles. The third kappa shape index (κ3) is 6.30. The number of alkyl halides is 3. The molecule has 0 radical (unpaired) electrons. The predicted octanol–water partition coefficient (Wildman–Crippen LogP) is 2.41. The third-order valence-corrected chi connectivity index (χ3v) is 3.21. The van der Waals surface area contributed by atoms with Crippen LogP contribution in [0.2, 0.25) is 0 Å². The average Bonchev–Trinajstić information content (AvgIpc) is 2.71. The zero-order chi connectivity index (χ0) is 17.8. The lowest BCUT2D eigenvalue weighted by atomic mass is 10.2. The topological polar surface area (TPSA) is 106 Å². The van der Waals surface area contributed by atoms with E-state index in [-0.39, 0.29) is 18.2 Å². The number of Topliss-reactive ketones (excluding diaryl/α,β-unsaturated/α-hetero) is 1. The van der Waals surface area contributed by atoms with Crippen molar-refractivity contribution in [2.24, 2.45) is 0 Å². The van der Waals surface area contributed by atoms with E-state index >= 15 is 0 Å². The Kier molecular flexibility index (Phi) is 5.81. The van der Waals surface area contributed by atoms with E-state index < -0.39 is 34.3 Å². The van der Waals surface area contributed by atoms with Gasteiger partial charge in [0.15, 0.2) is 5.13 Å². The molecule has 0 spiro atoms. The summed E-state index contributed by atoms with van der Waals surface area (Å²) < 4.78 is 42.0. The molecule has 1 aromatic rings. The summed E-state index contributed by atoms with van der Waals surface area (Å²) in [5, 5.41) is 5.18. The molecule has 1 aromatic heterocycles. The summed E-state index contributed by atoms with van der Waals surface area (Å²) in [5.74, 6) is -2.52. The van der Waals surface area contributed by atoms with E-state index in [2.05, 4.69) is 15.6 Å². The smallest absolute Gasteiger partial charge is 0.444 e. The maximum atomic E-state index is 12.3. The van der Waals surface area contributed by atoms with Crippen LogP contribution in [0.1, 0.15) is 30.4 Å². The number of aromatic nitrogens is 1. The molecule has 0 aliphatic rings. The first-order valence-corrected chi connectivity index (χ1v) is 7.30. The van der Waals surface area contributed by atoms with E-state index in [0.717, 1.165) is 0 Å². The Morgan fingerprint density at radius 2 is 1.87 bits per heavy atom. The predicted molar refractivity (Wildman–Crippen MR) is 79.6 cm³/mol. The quantitative estimate of drug-likeness (QED) is 0.554. The number of rotatable bonds is 5. The maximum Gasteiger partial charge on any atom is 0.455 e. The Morgan fingerprint density at radius 3 is 2.39 bits per heavy atom. The Balaban J connectivity index is 2.48. The Labute approximate surface area is 134 Å². The largest absolute Gasteiger partial charge is 0.455 e. The van der Waals surface area contributed by atoms with Gasteiger partial charge in [-0.25, -0.2) is 9.78 Å². The van der Waals surface area contributed by atoms with Gasteiger partial charge in [-0.05, 0) is 20.8 Å². The molecule has 130 valence electrons. The maximum absolute atomic E-state index is 12.3. The van der Waals surface area contributed by atoms with Gasteiger partial charge >= 0.3 is 12.3 Å². The monoisotopic (exact) mass is 354 g/mol. The Morgan fingerprint density at radius 1 is 1.26 bits per heavy atom. The molecule has 0 unspecified atom stereocenters. The second-order valence-electron chi connectivity index (χ2n) is 5.42. The van der Waals surface area contributed by atoms with Gasteiger partial charge in [0.2, 0.25) is 0 Å². The van der Waals surface area contributed by atoms with E-state index in [4.69, 9.17) is 10.5 Å². The molecular formula is C12H17F3N4O3S. The number of carbonyl (C=O) groups is 2. The van der Waals surface area contributed by atoms with Crippen LogP contribution in [0.15, 0.2) is 0 Å². The van der Waals surface area contributed by atoms with Gasteiger partial charge < -0.3 is 21.1 Å². The second kappa shape index (κ2) is 7.02. The molecule has 0 bridgehead atoms. The van der Waals surface area contributed by atoms with Crippen molar-refractivity contribution in [3.63, 3.8) is 0 Å². The number of alkyl carbamates (subject to hydrolysis) is 1. The van der Waals surface area contributed by atoms with Crippen molar-refractivity contribution in [1.29, 1.82) is 0 Å². The van der Waals surface area contributed by atoms with Crippen LogP contribution in [0.3, 0.4) is 0 Å². The zero-order valence-corrected chi connectivity index (χ0v) is 13.5. The summed E-state index contributed by atoms with van der Waals surface area (Å²) in [4.78, 5) is 25.5. The van der Waals surface area contributed by atoms with Crippen molar-refractivity contribution in [3.05, 3.63) is 4.88 Å². The van der Waals surface area contributed by atoms with Gasteiger partial charge in [0, 0.05) is 13.1 Å². The van der Waals surface area contributed by atoms with Gasteiger partial charge in [0.25, 0.3) is 5.78 Å². The number of nitrogens with two attached hydrogens (primary N) is 1. The molecule has 0 fully saturated rings. The molecule has 0 aromatic carbocycles. The summed E-state index contributed by atoms with van der Waals surface area (Å²) in [7, 11) is 0. The average molecular weight is 354 g/mol. The number of ether oxygens (including phenoxy) is 1. The van der Waals surface area contributed by atoms with Crippen LogP contribution in [0, 0.1) is 0 Å². The molecule has 1 heterocycles. The minimum absolute atomic E-state index is 0.0566. The molecule has 0 aliphatic carbocycles. The summed E-state index contributed by atoms with van der Waals surface area (Å²) in [6.45, 7) is 5.45. The summed E-state index contributed by atoms with van der Waals surface area (Å²) >= 11 is 0.503. The molecule has 1 amide bonds. The lowest BCUT2D eigenvalue weighted by molar-refractivity contribution is -0.0882. The number of nitrogens with zero attached hydrogens (tertiary/aromatic N) is 1. The molecule has 0 saturated carbocycles. The van der Waals surface area contributed by atoms with E-state index in [0.29, 0.717) is 11.3 Å². The highest BCUT2D eigenvalue weighted by Crippen LogP contribution is 2.31. The molecular weight excluding hydrogens is 337 g/mol. The highest BCUT2D eigenvalue weighted by atomic mass is 32.1. The van der Waals surface area contributed by atoms with Crippen LogP contribution < -0.4 is 16.4 Å². The number of anilines is 2. The number of nitrogens with one attached hydrogen (secondary N) is 2. The standard InChI is InChI=1S/C12H17F3N4O3S/c1-11(2,3)22-10(21)18-5-4-17-9-19-8(16)6(23-9)7(20)12(13,14)15/h4-5,16H2,1-3H3,(H,17,19)(H,18,21). The lowest BCUT2D eigenvalue weighted by Crippen LogP contribution is -2.34. The lowest BCUT2D eigenvalue weighted by Gasteiger charge is -2.19. The van der Waals surface area contributed by atoms with E-state index in [1.807, 2.05) is 0 Å². The molecule has 7 nitrogen and oxygen atoms in total. The van der Waals surface area contributed by atoms with Crippen molar-refractivity contribution < 1.29 is 27.5 Å². The van der Waals surface area contributed by atoms with Gasteiger partial charge in [-0.1, -0.05) is 11.3 Å². The highest BCUT2D eigenvalue weighted by Gasteiger charge is 2.42. The van der Waals surface area contributed by atoms with E-state index in [1.54, 1.807) is 20.8 Å². The fourth-order valence-corrected chi connectivity index (χ4v) is 2.22. The molecule has 1 rings (SSSR count). The highest BCUT2D eigenvalue weighted by molar-refractivity contribution is 7.18. The third-order valence-electron chi connectivity index (χ3n) is 2.19. The van der Waals surface area contributed by atoms with Crippen molar-refractivity contribution in [2.45, 2.75) is 32.5 Å². The van der Waals surface area contributed by atoms with Gasteiger partial charge in [-0.3, -0.25) is 4.79 Å². The normalized spacial score (nSPS) is 11.9. The summed E-state index contributed by atoms with van der Waals surface area (Å²) in [5.41, 5.74) is 4.68. The van der Waals surface area contributed by atoms with E-state index in [9.17, 15) is 22.8 Å². The number of hydrogen-bond acceptors (Lipinski definition) is 7. The fraction of sp³-hybridized carbons (Fsp3) is 0.583. The number of amides is 1. The van der Waals surface area contributed by atoms with Crippen molar-refractivity contribution in [1.82, 2.24) is 10.3 Å². The Hall–Kier alpha value is -2.04. The first-order chi connectivity index (χ1) is 10.4. The van der Waals surface area contributed by atoms with Crippen LogP contribution in [0.4, 0.5) is 28.9 Å². The summed E-state index contributed by atoms with van der Waals surface area (Å²) in [6, 6.07) is 0. The van der Waals surface area contributed by atoms with Gasteiger partial charge in [0.05, 0.1) is 0 Å². The first-order valence-electron chi connectivity index (χ1n) is 6.48. The van der Waals surface area contributed by atoms with Crippen LogP contribution in [-0.2, 0) is 4.74 Å². The van der Waals surface area contributed by atoms with Crippen molar-refractivity contribution in [2.75, 3.05) is 24.1 Å². The molecule has 23 heavy (non-hydrogen) atoms. The number of halogens is 3. The fourth-order valence-electron chi connectivity index (χ4n) is 1.35. The van der Waals surface area contributed by atoms with Crippen molar-refractivity contribution in [3.8, 4) is 0 Å². The number of carbonyl (C=O) groups excluding carboxylic acids is 2. The zero-order valence-electron chi connectivity index (χ0n) is 12.7. The van der Waals surface area contributed by atoms with Crippen LogP contribution in [0.5, 0.6) is 0 Å². The van der Waals surface area contributed by atoms with Crippen LogP contribution in [0.25, 0.3) is 0 Å². The molecule has 4 N–H and O–H groups in total. The number of ketones is 1. The molecule has 0 saturated heterocycles. The van der Waals surface area contributed by atoms with Crippen LogP contribution in [-0.4, -0.2) is 41.7 Å². The van der Waals surface area contributed by atoms with Crippen molar-refractivity contribution >= 4 is 34.2 Å². The van der Waals surface area contributed by atoms with Gasteiger partial charge in [-0.2, -0.15) is 13.2 Å². The molecule has 0 atom stereocenters. The minimum atomic E-state index is -5.00. The van der Waals surface area contributed by atoms with Gasteiger partial charge in [0.1, 0.15) is 16.3 Å².